The highest BCUT2D eigenvalue weighted by atomic mass is 79.9. The van der Waals surface area contributed by atoms with Gasteiger partial charge >= 0.3 is 0 Å². The molecule has 1 aromatic carbocycles. The molecule has 0 spiro atoms. The van der Waals surface area contributed by atoms with Crippen LogP contribution in [0.3, 0.4) is 0 Å². The average molecular weight is 408 g/mol. The van der Waals surface area contributed by atoms with Crippen molar-refractivity contribution in [3.8, 4) is 5.75 Å². The first-order valence-electron chi connectivity index (χ1n) is 4.70. The number of methoxy groups -OCH3 is 1. The Labute approximate surface area is 127 Å². The molecule has 0 amide bonds. The van der Waals surface area contributed by atoms with E-state index in [4.69, 9.17) is 27.9 Å². The molecule has 0 aromatic heterocycles. The number of halogens is 4. The maximum atomic E-state index is 9.39. The van der Waals surface area contributed by atoms with Gasteiger partial charge in [0.2, 0.25) is 0 Å². The summed E-state index contributed by atoms with van der Waals surface area (Å²) in [5.41, 5.74) is 0.663. The lowest BCUT2D eigenvalue weighted by atomic mass is 10.3. The third kappa shape index (κ3) is 3.89. The third-order valence-electron chi connectivity index (χ3n) is 2.02. The number of hydrogen-bond acceptors (Lipinski definition) is 3. The second-order valence-electron chi connectivity index (χ2n) is 3.25. The maximum absolute atomic E-state index is 9.39. The second-order valence-corrected chi connectivity index (χ2v) is 5.61. The van der Waals surface area contributed by atoms with E-state index < -0.39 is 6.10 Å². The van der Waals surface area contributed by atoms with Crippen LogP contribution < -0.4 is 10.1 Å². The predicted molar refractivity (Wildman–Crippen MR) is 78.6 cm³/mol. The fraction of sp³-hybridized carbons (Fsp3) is 0.400. The summed E-state index contributed by atoms with van der Waals surface area (Å²) in [6, 6.07) is 1.72. The van der Waals surface area contributed by atoms with Crippen molar-refractivity contribution in [3.63, 3.8) is 0 Å². The first-order valence-corrected chi connectivity index (χ1v) is 7.20. The van der Waals surface area contributed by atoms with Gasteiger partial charge in [-0.1, -0.05) is 11.6 Å². The number of alkyl halides is 1. The molecule has 1 unspecified atom stereocenters. The summed E-state index contributed by atoms with van der Waals surface area (Å²) in [6.07, 6.45) is -0.630. The van der Waals surface area contributed by atoms with E-state index in [1.165, 1.54) is 0 Å². The Hall–Kier alpha value is 0.320. The minimum absolute atomic E-state index is 0.163. The van der Waals surface area contributed by atoms with Crippen molar-refractivity contribution in [1.82, 2.24) is 0 Å². The number of ether oxygens (including phenoxy) is 1. The first-order chi connectivity index (χ1) is 8.01. The van der Waals surface area contributed by atoms with Crippen molar-refractivity contribution in [1.29, 1.82) is 0 Å². The van der Waals surface area contributed by atoms with Gasteiger partial charge in [-0.3, -0.25) is 0 Å². The number of benzene rings is 1. The summed E-state index contributed by atoms with van der Waals surface area (Å²) < 4.78 is 6.67. The van der Waals surface area contributed by atoms with Gasteiger partial charge in [0.15, 0.2) is 0 Å². The molecule has 0 fully saturated rings. The predicted octanol–water partition coefficient (Wildman–Crippen LogP) is 3.89. The van der Waals surface area contributed by atoms with Crippen LogP contribution in [0.25, 0.3) is 0 Å². The molecule has 96 valence electrons. The van der Waals surface area contributed by atoms with Crippen molar-refractivity contribution >= 4 is 60.7 Å². The van der Waals surface area contributed by atoms with Crippen LogP contribution in [0.2, 0.25) is 5.02 Å². The normalized spacial score (nSPS) is 12.4. The van der Waals surface area contributed by atoms with E-state index in [2.05, 4.69) is 37.2 Å². The lowest BCUT2D eigenvalue weighted by Crippen LogP contribution is -2.21. The van der Waals surface area contributed by atoms with Crippen molar-refractivity contribution in [3.05, 3.63) is 20.0 Å². The van der Waals surface area contributed by atoms with E-state index >= 15 is 0 Å². The van der Waals surface area contributed by atoms with Crippen molar-refractivity contribution in [2.24, 2.45) is 0 Å². The maximum Gasteiger partial charge on any atom is 0.149 e. The van der Waals surface area contributed by atoms with E-state index in [9.17, 15) is 5.11 Å². The van der Waals surface area contributed by atoms with Gasteiger partial charge in [-0.2, -0.15) is 0 Å². The quantitative estimate of drug-likeness (QED) is 0.728. The minimum atomic E-state index is -0.630. The van der Waals surface area contributed by atoms with Gasteiger partial charge < -0.3 is 15.2 Å². The molecule has 0 aliphatic heterocycles. The van der Waals surface area contributed by atoms with E-state index in [0.717, 1.165) is 4.47 Å². The molecular formula is C10H11Br2Cl2NO2. The van der Waals surface area contributed by atoms with Gasteiger partial charge in [-0.05, 0) is 37.9 Å². The third-order valence-corrected chi connectivity index (χ3v) is 4.02. The Morgan fingerprint density at radius 1 is 1.53 bits per heavy atom. The molecule has 1 atom stereocenters. The van der Waals surface area contributed by atoms with Crippen LogP contribution in [0.1, 0.15) is 0 Å². The van der Waals surface area contributed by atoms with Gasteiger partial charge in [0.05, 0.1) is 38.7 Å². The van der Waals surface area contributed by atoms with Crippen LogP contribution in [0, 0.1) is 0 Å². The first kappa shape index (κ1) is 15.4. The fourth-order valence-electron chi connectivity index (χ4n) is 1.20. The summed E-state index contributed by atoms with van der Waals surface area (Å²) in [5.74, 6) is 0.799. The monoisotopic (exact) mass is 405 g/mol. The Morgan fingerprint density at radius 2 is 2.18 bits per heavy atom. The van der Waals surface area contributed by atoms with Crippen LogP contribution in [-0.4, -0.2) is 30.7 Å². The van der Waals surface area contributed by atoms with Gasteiger partial charge in [0, 0.05) is 6.54 Å². The largest absolute Gasteiger partial charge is 0.494 e. The van der Waals surface area contributed by atoms with Crippen molar-refractivity contribution in [2.75, 3.05) is 24.9 Å². The van der Waals surface area contributed by atoms with Crippen LogP contribution in [0.4, 0.5) is 5.69 Å². The Kier molecular flexibility index (Phi) is 6.37. The Bertz CT molecular complexity index is 404. The van der Waals surface area contributed by atoms with Crippen LogP contribution in [0.15, 0.2) is 15.0 Å². The number of nitrogens with one attached hydrogen (secondary N) is 1. The number of aliphatic hydroxyl groups is 1. The van der Waals surface area contributed by atoms with Gasteiger partial charge in [0.1, 0.15) is 5.75 Å². The molecule has 0 bridgehead atoms. The summed E-state index contributed by atoms with van der Waals surface area (Å²) in [7, 11) is 1.57. The molecule has 0 heterocycles. The molecule has 2 N–H and O–H groups in total. The zero-order valence-electron chi connectivity index (χ0n) is 8.94. The van der Waals surface area contributed by atoms with Crippen LogP contribution >= 0.6 is 55.1 Å². The van der Waals surface area contributed by atoms with Crippen LogP contribution in [0.5, 0.6) is 5.75 Å². The van der Waals surface area contributed by atoms with E-state index in [-0.39, 0.29) is 5.88 Å². The topological polar surface area (TPSA) is 41.5 Å². The average Bonchev–Trinajstić information content (AvgIpc) is 2.28. The molecular weight excluding hydrogens is 397 g/mol. The highest BCUT2D eigenvalue weighted by molar-refractivity contribution is 9.11. The van der Waals surface area contributed by atoms with E-state index in [1.807, 2.05) is 0 Å². The molecule has 17 heavy (non-hydrogen) atoms. The number of hydrogen-bond donors (Lipinski definition) is 2. The molecule has 0 aliphatic rings. The highest BCUT2D eigenvalue weighted by Gasteiger charge is 2.15. The zero-order chi connectivity index (χ0) is 13.0. The fourth-order valence-corrected chi connectivity index (χ4v) is 3.41. The molecule has 0 saturated carbocycles. The Balaban J connectivity index is 2.98. The number of anilines is 1. The van der Waals surface area contributed by atoms with Gasteiger partial charge in [-0.25, -0.2) is 0 Å². The summed E-state index contributed by atoms with van der Waals surface area (Å²) in [5, 5.41) is 12.9. The summed E-state index contributed by atoms with van der Waals surface area (Å²) in [4.78, 5) is 0. The minimum Gasteiger partial charge on any atom is -0.494 e. The van der Waals surface area contributed by atoms with E-state index in [0.29, 0.717) is 27.5 Å². The zero-order valence-corrected chi connectivity index (χ0v) is 13.6. The lowest BCUT2D eigenvalue weighted by molar-refractivity contribution is 0.211. The molecule has 1 aromatic rings. The number of aliphatic hydroxyl groups excluding tert-OH is 1. The smallest absolute Gasteiger partial charge is 0.149 e. The molecule has 3 nitrogen and oxygen atoms in total. The van der Waals surface area contributed by atoms with E-state index in [1.54, 1.807) is 13.2 Å². The second kappa shape index (κ2) is 7.04. The van der Waals surface area contributed by atoms with Gasteiger partial charge in [0.25, 0.3) is 0 Å². The van der Waals surface area contributed by atoms with Gasteiger partial charge in [-0.15, -0.1) is 11.6 Å². The molecule has 7 heteroatoms. The van der Waals surface area contributed by atoms with Crippen LogP contribution in [-0.2, 0) is 0 Å². The Morgan fingerprint density at radius 3 is 2.71 bits per heavy atom. The van der Waals surface area contributed by atoms with Crippen molar-refractivity contribution in [2.45, 2.75) is 6.10 Å². The number of rotatable bonds is 5. The summed E-state index contributed by atoms with van der Waals surface area (Å²) >= 11 is 18.4. The molecule has 0 saturated heterocycles. The molecule has 0 radical (unpaired) electrons. The molecule has 0 aliphatic carbocycles. The highest BCUT2D eigenvalue weighted by Crippen LogP contribution is 2.43. The SMILES string of the molecule is COc1c(Br)cc(Cl)c(NCC(O)CCl)c1Br. The standard InChI is InChI=1S/C10H11Br2Cl2NO2/c1-17-10-6(11)2-7(14)9(8(10)12)15-4-5(16)3-13/h2,5,15-16H,3-4H2,1H3. The van der Waals surface area contributed by atoms with Crippen molar-refractivity contribution < 1.29 is 9.84 Å². The molecule has 1 rings (SSSR count). The summed E-state index contributed by atoms with van der Waals surface area (Å²) in [6.45, 7) is 0.312. The lowest BCUT2D eigenvalue weighted by Gasteiger charge is -2.16.